The average Bonchev–Trinajstić information content (AvgIpc) is 2.95. The van der Waals surface area contributed by atoms with E-state index < -0.39 is 0 Å². The maximum absolute atomic E-state index is 3.92. The van der Waals surface area contributed by atoms with Gasteiger partial charge in [-0.2, -0.15) is 0 Å². The zero-order chi connectivity index (χ0) is 15.3. The van der Waals surface area contributed by atoms with Crippen LogP contribution < -0.4 is 5.32 Å². The van der Waals surface area contributed by atoms with Crippen LogP contribution in [-0.4, -0.2) is 12.6 Å². The number of hydrogen-bond donors (Lipinski definition) is 1. The fourth-order valence-corrected chi connectivity index (χ4v) is 4.76. The van der Waals surface area contributed by atoms with Crippen molar-refractivity contribution < 1.29 is 0 Å². The van der Waals surface area contributed by atoms with Crippen molar-refractivity contribution in [2.24, 2.45) is 23.2 Å². The Morgan fingerprint density at radius 2 is 1.57 bits per heavy atom. The third-order valence-corrected chi connectivity index (χ3v) is 6.28. The molecular weight excluding hydrogens is 254 g/mol. The second kappa shape index (κ2) is 7.99. The van der Waals surface area contributed by atoms with E-state index in [9.17, 15) is 0 Å². The van der Waals surface area contributed by atoms with Gasteiger partial charge in [-0.05, 0) is 68.2 Å². The highest BCUT2D eigenvalue weighted by Gasteiger charge is 2.33. The van der Waals surface area contributed by atoms with Crippen LogP contribution in [0.15, 0.2) is 0 Å². The molecule has 1 nitrogen and oxygen atoms in total. The van der Waals surface area contributed by atoms with Gasteiger partial charge in [-0.3, -0.25) is 0 Å². The van der Waals surface area contributed by atoms with Crippen LogP contribution in [0.2, 0.25) is 0 Å². The lowest BCUT2D eigenvalue weighted by atomic mass is 9.68. The lowest BCUT2D eigenvalue weighted by Gasteiger charge is -2.40. The van der Waals surface area contributed by atoms with E-state index in [4.69, 9.17) is 0 Å². The van der Waals surface area contributed by atoms with Gasteiger partial charge in [0.15, 0.2) is 0 Å². The molecule has 0 saturated heterocycles. The van der Waals surface area contributed by atoms with Crippen LogP contribution in [0.5, 0.6) is 0 Å². The standard InChI is InChI=1S/C20H39N/c1-5-14-21-19(15-16-8-6-7-9-16)17-10-12-18(13-11-17)20(2,3)4/h16-19,21H,5-15H2,1-4H3. The van der Waals surface area contributed by atoms with Crippen LogP contribution in [0.4, 0.5) is 0 Å². The first-order chi connectivity index (χ1) is 10.0. The summed E-state index contributed by atoms with van der Waals surface area (Å²) in [5.74, 6) is 2.93. The van der Waals surface area contributed by atoms with E-state index in [1.165, 1.54) is 70.8 Å². The Bertz CT molecular complexity index is 277. The van der Waals surface area contributed by atoms with Gasteiger partial charge in [-0.15, -0.1) is 0 Å². The predicted molar refractivity (Wildman–Crippen MR) is 93.6 cm³/mol. The van der Waals surface area contributed by atoms with Crippen molar-refractivity contribution in [3.05, 3.63) is 0 Å². The molecular formula is C20H39N. The first kappa shape index (κ1) is 17.3. The van der Waals surface area contributed by atoms with Crippen molar-refractivity contribution in [1.82, 2.24) is 5.32 Å². The predicted octanol–water partition coefficient (Wildman–Crippen LogP) is 5.79. The van der Waals surface area contributed by atoms with Crippen LogP contribution in [-0.2, 0) is 0 Å². The summed E-state index contributed by atoms with van der Waals surface area (Å²) in [6.45, 7) is 10.8. The third-order valence-electron chi connectivity index (χ3n) is 6.28. The van der Waals surface area contributed by atoms with Crippen LogP contribution in [0.25, 0.3) is 0 Å². The van der Waals surface area contributed by atoms with Crippen molar-refractivity contribution in [3.8, 4) is 0 Å². The zero-order valence-corrected chi connectivity index (χ0v) is 15.1. The zero-order valence-electron chi connectivity index (χ0n) is 15.1. The van der Waals surface area contributed by atoms with Crippen molar-refractivity contribution in [2.45, 2.75) is 97.9 Å². The van der Waals surface area contributed by atoms with Crippen molar-refractivity contribution in [1.29, 1.82) is 0 Å². The molecule has 1 unspecified atom stereocenters. The number of rotatable bonds is 6. The Morgan fingerprint density at radius 3 is 2.10 bits per heavy atom. The van der Waals surface area contributed by atoms with Gasteiger partial charge in [0.25, 0.3) is 0 Å². The molecule has 2 fully saturated rings. The summed E-state index contributed by atoms with van der Waals surface area (Å²) in [7, 11) is 0. The van der Waals surface area contributed by atoms with Crippen molar-refractivity contribution in [2.75, 3.05) is 6.54 Å². The second-order valence-electron chi connectivity index (χ2n) is 8.92. The quantitative estimate of drug-likeness (QED) is 0.654. The molecule has 1 heteroatoms. The molecule has 2 rings (SSSR count). The molecule has 0 spiro atoms. The Hall–Kier alpha value is -0.0400. The van der Waals surface area contributed by atoms with Gasteiger partial charge in [0, 0.05) is 6.04 Å². The second-order valence-corrected chi connectivity index (χ2v) is 8.92. The first-order valence-electron chi connectivity index (χ1n) is 9.74. The molecule has 0 bridgehead atoms. The molecule has 2 aliphatic rings. The number of nitrogens with one attached hydrogen (secondary N) is 1. The monoisotopic (exact) mass is 293 g/mol. The SMILES string of the molecule is CCCNC(CC1CCCC1)C1CCC(C(C)(C)C)CC1. The Morgan fingerprint density at radius 1 is 0.952 bits per heavy atom. The van der Waals surface area contributed by atoms with E-state index >= 15 is 0 Å². The minimum Gasteiger partial charge on any atom is -0.314 e. The molecule has 0 aromatic carbocycles. The lowest BCUT2D eigenvalue weighted by molar-refractivity contribution is 0.126. The van der Waals surface area contributed by atoms with E-state index in [1.807, 2.05) is 0 Å². The van der Waals surface area contributed by atoms with Crippen LogP contribution >= 0.6 is 0 Å². The van der Waals surface area contributed by atoms with Crippen molar-refractivity contribution >= 4 is 0 Å². The Labute approximate surface area is 133 Å². The molecule has 2 saturated carbocycles. The number of hydrogen-bond acceptors (Lipinski definition) is 1. The van der Waals surface area contributed by atoms with E-state index in [0.717, 1.165) is 23.8 Å². The van der Waals surface area contributed by atoms with Crippen LogP contribution in [0.3, 0.4) is 0 Å². The molecule has 1 N–H and O–H groups in total. The smallest absolute Gasteiger partial charge is 0.00979 e. The molecule has 2 aliphatic carbocycles. The van der Waals surface area contributed by atoms with Crippen molar-refractivity contribution in [3.63, 3.8) is 0 Å². The van der Waals surface area contributed by atoms with Crippen LogP contribution in [0.1, 0.15) is 91.9 Å². The molecule has 0 aromatic rings. The topological polar surface area (TPSA) is 12.0 Å². The van der Waals surface area contributed by atoms with Gasteiger partial charge >= 0.3 is 0 Å². The van der Waals surface area contributed by atoms with E-state index in [2.05, 4.69) is 33.0 Å². The molecule has 0 amide bonds. The average molecular weight is 294 g/mol. The molecule has 21 heavy (non-hydrogen) atoms. The van der Waals surface area contributed by atoms with Gasteiger partial charge in [-0.25, -0.2) is 0 Å². The highest BCUT2D eigenvalue weighted by molar-refractivity contribution is 4.87. The molecule has 124 valence electrons. The summed E-state index contributed by atoms with van der Waals surface area (Å²) in [4.78, 5) is 0. The minimum atomic E-state index is 0.517. The van der Waals surface area contributed by atoms with Gasteiger partial charge < -0.3 is 5.32 Å². The Balaban J connectivity index is 1.85. The first-order valence-corrected chi connectivity index (χ1v) is 9.74. The maximum Gasteiger partial charge on any atom is 0.00979 e. The van der Waals surface area contributed by atoms with Gasteiger partial charge in [0.05, 0.1) is 0 Å². The van der Waals surface area contributed by atoms with Gasteiger partial charge in [0.2, 0.25) is 0 Å². The summed E-state index contributed by atoms with van der Waals surface area (Å²) in [5.41, 5.74) is 0.517. The minimum absolute atomic E-state index is 0.517. The summed E-state index contributed by atoms with van der Waals surface area (Å²) in [6.07, 6.45) is 14.6. The molecule has 0 heterocycles. The highest BCUT2D eigenvalue weighted by atomic mass is 14.9. The van der Waals surface area contributed by atoms with E-state index in [0.29, 0.717) is 5.41 Å². The summed E-state index contributed by atoms with van der Waals surface area (Å²) in [5, 5.41) is 3.92. The van der Waals surface area contributed by atoms with Gasteiger partial charge in [-0.1, -0.05) is 53.4 Å². The normalized spacial score (nSPS) is 29.7. The summed E-state index contributed by atoms with van der Waals surface area (Å²) >= 11 is 0. The largest absolute Gasteiger partial charge is 0.314 e. The van der Waals surface area contributed by atoms with Gasteiger partial charge in [0.1, 0.15) is 0 Å². The molecule has 0 aliphatic heterocycles. The fourth-order valence-electron chi connectivity index (χ4n) is 4.76. The summed E-state index contributed by atoms with van der Waals surface area (Å²) in [6, 6.07) is 0.814. The maximum atomic E-state index is 3.92. The molecule has 0 radical (unpaired) electrons. The molecule has 1 atom stereocenters. The Kier molecular flexibility index (Phi) is 6.59. The van der Waals surface area contributed by atoms with Crippen LogP contribution in [0, 0.1) is 23.2 Å². The van der Waals surface area contributed by atoms with E-state index in [1.54, 1.807) is 0 Å². The summed E-state index contributed by atoms with van der Waals surface area (Å²) < 4.78 is 0. The molecule has 0 aromatic heterocycles. The highest BCUT2D eigenvalue weighted by Crippen LogP contribution is 2.42. The lowest BCUT2D eigenvalue weighted by Crippen LogP contribution is -2.40. The van der Waals surface area contributed by atoms with E-state index in [-0.39, 0.29) is 0 Å². The fraction of sp³-hybridized carbons (Fsp3) is 1.00. The third kappa shape index (κ3) is 5.27.